The van der Waals surface area contributed by atoms with Crippen molar-refractivity contribution in [2.75, 3.05) is 6.54 Å². The van der Waals surface area contributed by atoms with E-state index < -0.39 is 113 Å². The van der Waals surface area contributed by atoms with E-state index in [1.807, 2.05) is 19.9 Å². The average Bonchev–Trinajstić information content (AvgIpc) is 4.06. The number of hydrogen-bond acceptors (Lipinski definition) is 11. The van der Waals surface area contributed by atoms with E-state index in [-0.39, 0.29) is 63.2 Å². The van der Waals surface area contributed by atoms with E-state index in [0.717, 1.165) is 0 Å². The van der Waals surface area contributed by atoms with Crippen LogP contribution in [0.3, 0.4) is 0 Å². The number of rotatable bonds is 14. The zero-order valence-corrected chi connectivity index (χ0v) is 41.9. The molecule has 2 aliphatic heterocycles. The quantitative estimate of drug-likeness (QED) is 0.106. The number of benzene rings is 2. The Kier molecular flexibility index (Phi) is 20.3. The van der Waals surface area contributed by atoms with Crippen LogP contribution in [0.5, 0.6) is 5.75 Å². The summed E-state index contributed by atoms with van der Waals surface area (Å²) in [4.78, 5) is 136. The first kappa shape index (κ1) is 55.6. The minimum atomic E-state index is -1.47. The minimum absolute atomic E-state index is 0.0288. The van der Waals surface area contributed by atoms with Crippen LogP contribution in [0.25, 0.3) is 0 Å². The van der Waals surface area contributed by atoms with Crippen LogP contribution in [0.4, 0.5) is 0 Å². The molecule has 0 radical (unpaired) electrons. The summed E-state index contributed by atoms with van der Waals surface area (Å²) in [6.07, 6.45) is 3.02. The summed E-state index contributed by atoms with van der Waals surface area (Å²) in [5.74, 6) is -7.92. The summed E-state index contributed by atoms with van der Waals surface area (Å²) < 4.78 is 0. The molecule has 0 aliphatic carbocycles. The van der Waals surface area contributed by atoms with Crippen molar-refractivity contribution >= 4 is 53.2 Å². The van der Waals surface area contributed by atoms with Gasteiger partial charge in [0, 0.05) is 44.1 Å². The number of aromatic nitrogens is 2. The molecule has 0 bridgehead atoms. The molecule has 9 unspecified atom stereocenters. The highest BCUT2D eigenvalue weighted by atomic mass is 16.3. The number of carbonyl (C=O) groups is 9. The van der Waals surface area contributed by atoms with E-state index in [4.69, 9.17) is 5.73 Å². The molecule has 9 atom stereocenters. The number of nitrogens with one attached hydrogen (secondary N) is 8. The Hall–Kier alpha value is -7.32. The van der Waals surface area contributed by atoms with Crippen molar-refractivity contribution in [2.24, 2.45) is 23.5 Å². The Labute approximate surface area is 419 Å². The number of nitrogens with zero attached hydrogens (tertiary/aromatic N) is 2. The first-order valence-electron chi connectivity index (χ1n) is 24.7. The summed E-state index contributed by atoms with van der Waals surface area (Å²) in [7, 11) is 0. The maximum absolute atomic E-state index is 14.8. The van der Waals surface area contributed by atoms with Gasteiger partial charge in [0.2, 0.25) is 53.2 Å². The third kappa shape index (κ3) is 15.8. The normalized spacial score (nSPS) is 25.0. The first-order valence-corrected chi connectivity index (χ1v) is 24.7. The topological polar surface area (TPSA) is 316 Å². The number of carbonyl (C=O) groups excluding carboxylic acids is 9. The van der Waals surface area contributed by atoms with Crippen molar-refractivity contribution in [2.45, 2.75) is 148 Å². The van der Waals surface area contributed by atoms with Gasteiger partial charge in [-0.3, -0.25) is 43.2 Å². The fourth-order valence-corrected chi connectivity index (χ4v) is 8.79. The summed E-state index contributed by atoms with van der Waals surface area (Å²) in [6.45, 7) is 10.8. The predicted molar refractivity (Wildman–Crippen MR) is 265 cm³/mol. The van der Waals surface area contributed by atoms with Gasteiger partial charge in [0.25, 0.3) is 0 Å². The van der Waals surface area contributed by atoms with Crippen LogP contribution < -0.4 is 43.0 Å². The molecule has 390 valence electrons. The molecule has 1 aromatic heterocycles. The van der Waals surface area contributed by atoms with E-state index >= 15 is 0 Å². The van der Waals surface area contributed by atoms with Gasteiger partial charge in [0.05, 0.1) is 6.33 Å². The Morgan fingerprint density at radius 2 is 1.21 bits per heavy atom. The summed E-state index contributed by atoms with van der Waals surface area (Å²) >= 11 is 0. The van der Waals surface area contributed by atoms with Gasteiger partial charge in [0.15, 0.2) is 0 Å². The van der Waals surface area contributed by atoms with Crippen LogP contribution in [0.1, 0.15) is 96.9 Å². The molecule has 3 aromatic rings. The Morgan fingerprint density at radius 3 is 1.81 bits per heavy atom. The second kappa shape index (κ2) is 26.2. The lowest BCUT2D eigenvalue weighted by Gasteiger charge is -2.33. The van der Waals surface area contributed by atoms with Gasteiger partial charge in [-0.05, 0) is 66.7 Å². The third-order valence-corrected chi connectivity index (χ3v) is 13.0. The van der Waals surface area contributed by atoms with Gasteiger partial charge in [-0.15, -0.1) is 0 Å². The molecule has 0 saturated carbocycles. The SMILES string of the molecule is CCC(C)C1NC(=O)C(C(C)C)NC(=O)C2CCCN2C(=O)C(Cc2ccccc2)NC(=O)C(CC(C)C)NC(=O)C(Cc2ccc(O)cc2)NC(=O)C(Cc2cnc[nH]2)NC(=O)C(CCC(N)=O)NC1=O. The van der Waals surface area contributed by atoms with E-state index in [2.05, 4.69) is 47.2 Å². The van der Waals surface area contributed by atoms with Crippen LogP contribution in [-0.4, -0.2) is 128 Å². The third-order valence-electron chi connectivity index (χ3n) is 13.0. The smallest absolute Gasteiger partial charge is 0.246 e. The molecular formula is C51H71N11O10. The minimum Gasteiger partial charge on any atom is -0.508 e. The molecule has 2 aromatic carbocycles. The van der Waals surface area contributed by atoms with Crippen molar-refractivity contribution in [1.82, 2.24) is 52.1 Å². The number of phenolic OH excluding ortho intramolecular Hbond substituents is 1. The second-order valence-corrected chi connectivity index (χ2v) is 19.6. The molecule has 21 heteroatoms. The lowest BCUT2D eigenvalue weighted by molar-refractivity contribution is -0.143. The largest absolute Gasteiger partial charge is 0.508 e. The predicted octanol–water partition coefficient (Wildman–Crippen LogP) is 0.555. The van der Waals surface area contributed by atoms with E-state index in [0.29, 0.717) is 29.7 Å². The fraction of sp³-hybridized carbons (Fsp3) is 0.529. The van der Waals surface area contributed by atoms with E-state index in [1.165, 1.54) is 29.6 Å². The van der Waals surface area contributed by atoms with Crippen molar-refractivity contribution < 1.29 is 48.3 Å². The van der Waals surface area contributed by atoms with E-state index in [9.17, 15) is 48.3 Å². The molecule has 21 nitrogen and oxygen atoms in total. The molecule has 5 rings (SSSR count). The molecule has 2 saturated heterocycles. The van der Waals surface area contributed by atoms with Gasteiger partial charge in [0.1, 0.15) is 54.1 Å². The number of aromatic hydroxyl groups is 1. The summed E-state index contributed by atoms with van der Waals surface area (Å²) in [6, 6.07) is 4.65. The highest BCUT2D eigenvalue weighted by molar-refractivity contribution is 5.99. The summed E-state index contributed by atoms with van der Waals surface area (Å²) in [5.41, 5.74) is 7.13. The zero-order chi connectivity index (χ0) is 52.6. The average molecular weight is 998 g/mol. The molecular weight excluding hydrogens is 927 g/mol. The van der Waals surface area contributed by atoms with Crippen LogP contribution in [-0.2, 0) is 62.4 Å². The maximum Gasteiger partial charge on any atom is 0.246 e. The number of nitrogens with two attached hydrogens (primary N) is 1. The van der Waals surface area contributed by atoms with Crippen LogP contribution in [0, 0.1) is 17.8 Å². The van der Waals surface area contributed by atoms with Gasteiger partial charge in [-0.25, -0.2) is 4.98 Å². The Morgan fingerprint density at radius 1 is 0.667 bits per heavy atom. The first-order chi connectivity index (χ1) is 34.2. The van der Waals surface area contributed by atoms with Gasteiger partial charge in [-0.1, -0.05) is 90.4 Å². The molecule has 11 N–H and O–H groups in total. The number of H-pyrrole nitrogens is 1. The number of fused-ring (bicyclic) bond motifs is 1. The van der Waals surface area contributed by atoms with Gasteiger partial charge >= 0.3 is 0 Å². The second-order valence-electron chi connectivity index (χ2n) is 19.6. The fourth-order valence-electron chi connectivity index (χ4n) is 8.79. The molecule has 2 aliphatic rings. The number of amides is 9. The monoisotopic (exact) mass is 998 g/mol. The zero-order valence-electron chi connectivity index (χ0n) is 41.9. The molecule has 9 amide bonds. The number of primary amides is 1. The number of aromatic amines is 1. The number of hydrogen-bond donors (Lipinski definition) is 10. The van der Waals surface area contributed by atoms with Crippen LogP contribution in [0.2, 0.25) is 0 Å². The van der Waals surface area contributed by atoms with E-state index in [1.54, 1.807) is 64.1 Å². The van der Waals surface area contributed by atoms with Crippen LogP contribution >= 0.6 is 0 Å². The molecule has 2 fully saturated rings. The van der Waals surface area contributed by atoms with Gasteiger partial charge < -0.3 is 57.9 Å². The number of phenols is 1. The standard InChI is InChI=1S/C51H71N11O10/c1-7-30(6)43-50(71)55-35(19-20-41(52)64)44(65)58-38(25-33-26-53-27-54-33)47(68)57-37(23-32-15-17-34(63)18-16-32)46(67)56-36(22-28(2)3)45(66)59-39(24-31-12-9-8-10-13-31)51(72)62-21-11-14-40(62)48(69)60-42(29(4)5)49(70)61-43/h8-10,12-13,15-18,26-30,35-40,42-43,63H,7,11,14,19-25H2,1-6H3,(H2,52,64)(H,53,54)(H,55,71)(H,56,67)(H,57,68)(H,58,65)(H,59,66)(H,60,69)(H,61,70). The highest BCUT2D eigenvalue weighted by Gasteiger charge is 2.42. The van der Waals surface area contributed by atoms with Crippen molar-refractivity contribution in [3.05, 3.63) is 83.9 Å². The Balaban J connectivity index is 1.62. The van der Waals surface area contributed by atoms with Crippen LogP contribution in [0.15, 0.2) is 67.1 Å². The Bertz CT molecular complexity index is 2360. The number of imidazole rings is 1. The van der Waals surface area contributed by atoms with Crippen molar-refractivity contribution in [3.8, 4) is 5.75 Å². The molecule has 72 heavy (non-hydrogen) atoms. The lowest BCUT2D eigenvalue weighted by atomic mass is 9.95. The highest BCUT2D eigenvalue weighted by Crippen LogP contribution is 2.22. The van der Waals surface area contributed by atoms with Gasteiger partial charge in [-0.2, -0.15) is 0 Å². The molecule has 0 spiro atoms. The van der Waals surface area contributed by atoms with Crippen molar-refractivity contribution in [3.63, 3.8) is 0 Å². The summed E-state index contributed by atoms with van der Waals surface area (Å²) in [5, 5.41) is 29.4. The molecule has 3 heterocycles. The van der Waals surface area contributed by atoms with Crippen molar-refractivity contribution in [1.29, 1.82) is 0 Å². The lowest BCUT2D eigenvalue weighted by Crippen LogP contribution is -2.62. The maximum atomic E-state index is 14.8.